The molecule has 0 unspecified atom stereocenters. The van der Waals surface area contributed by atoms with Crippen molar-refractivity contribution in [1.29, 1.82) is 0 Å². The first-order valence-electron chi connectivity index (χ1n) is 13.0. The van der Waals surface area contributed by atoms with Crippen molar-refractivity contribution in [3.63, 3.8) is 0 Å². The lowest BCUT2D eigenvalue weighted by molar-refractivity contribution is 1.61. The van der Waals surface area contributed by atoms with Crippen LogP contribution in [0.1, 0.15) is 0 Å². The van der Waals surface area contributed by atoms with Crippen LogP contribution in [0.2, 0.25) is 0 Å². The van der Waals surface area contributed by atoms with E-state index < -0.39 is 0 Å². The van der Waals surface area contributed by atoms with Crippen LogP contribution in [0.25, 0.3) is 54.9 Å². The van der Waals surface area contributed by atoms with Gasteiger partial charge in [-0.25, -0.2) is 0 Å². The molecular weight excluding hydrogens is 456 g/mol. The minimum Gasteiger partial charge on any atom is -0.0622 e. The Morgan fingerprint density at radius 1 is 0.237 bits per heavy atom. The summed E-state index contributed by atoms with van der Waals surface area (Å²) in [6, 6.07) is 59.9. The lowest BCUT2D eigenvalue weighted by Gasteiger charge is -2.11. The second-order valence-corrected chi connectivity index (χ2v) is 9.37. The van der Waals surface area contributed by atoms with Gasteiger partial charge in [0.25, 0.3) is 0 Å². The van der Waals surface area contributed by atoms with Crippen LogP contribution in [-0.2, 0) is 0 Å². The Balaban J connectivity index is 0.000000184. The predicted molar refractivity (Wildman–Crippen MR) is 164 cm³/mol. The molecule has 7 aromatic rings. The summed E-state index contributed by atoms with van der Waals surface area (Å²) in [4.78, 5) is 0. The Morgan fingerprint density at radius 2 is 0.605 bits per heavy atom. The van der Waals surface area contributed by atoms with Gasteiger partial charge >= 0.3 is 0 Å². The monoisotopic (exact) mass is 484 g/mol. The summed E-state index contributed by atoms with van der Waals surface area (Å²) in [6.45, 7) is 0. The van der Waals surface area contributed by atoms with E-state index in [1.54, 1.807) is 0 Å². The average molecular weight is 485 g/mol. The van der Waals surface area contributed by atoms with Crippen molar-refractivity contribution < 1.29 is 0 Å². The molecule has 7 aromatic carbocycles. The van der Waals surface area contributed by atoms with Crippen molar-refractivity contribution in [2.24, 2.45) is 0 Å². The van der Waals surface area contributed by atoms with Gasteiger partial charge < -0.3 is 0 Å². The average Bonchev–Trinajstić information content (AvgIpc) is 3.02. The van der Waals surface area contributed by atoms with E-state index in [4.69, 9.17) is 0 Å². The van der Waals surface area contributed by atoms with Crippen molar-refractivity contribution in [1.82, 2.24) is 0 Å². The molecule has 7 rings (SSSR count). The highest BCUT2D eigenvalue weighted by atomic mass is 14.1. The normalized spacial score (nSPS) is 10.6. The van der Waals surface area contributed by atoms with Gasteiger partial charge in [0.05, 0.1) is 0 Å². The summed E-state index contributed by atoms with van der Waals surface area (Å²) in [5, 5.41) is 5.22. The zero-order chi connectivity index (χ0) is 25.6. The number of hydrogen-bond donors (Lipinski definition) is 0. The summed E-state index contributed by atoms with van der Waals surface area (Å²) in [7, 11) is 0. The van der Waals surface area contributed by atoms with Crippen molar-refractivity contribution in [3.8, 4) is 33.4 Å². The molecule has 0 N–H and O–H groups in total. The molecule has 0 aliphatic heterocycles. The standard InChI is InChI=1S/C26H18.C12H10/c1-2-8-19(9-3-1)20-14-16-21(17-15-20)26-18-22-10-4-5-11-23(22)24-12-6-7-13-25(24)26;1-3-7-11(8-4-1)12-9-5-2-6-10-12/h1-18H;1-10H. The molecule has 0 aliphatic rings. The lowest BCUT2D eigenvalue weighted by atomic mass is 9.92. The smallest absolute Gasteiger partial charge is 0.00990 e. The number of rotatable bonds is 3. The van der Waals surface area contributed by atoms with Crippen LogP contribution in [0.3, 0.4) is 0 Å². The second-order valence-electron chi connectivity index (χ2n) is 9.37. The van der Waals surface area contributed by atoms with Gasteiger partial charge in [0, 0.05) is 0 Å². The molecule has 0 amide bonds. The molecule has 0 radical (unpaired) electrons. The number of hydrogen-bond acceptors (Lipinski definition) is 0. The van der Waals surface area contributed by atoms with Gasteiger partial charge in [0.15, 0.2) is 0 Å². The van der Waals surface area contributed by atoms with E-state index in [0.717, 1.165) is 0 Å². The first-order valence-corrected chi connectivity index (χ1v) is 13.0. The predicted octanol–water partition coefficient (Wildman–Crippen LogP) is 10.7. The Kier molecular flexibility index (Phi) is 6.78. The third-order valence-electron chi connectivity index (χ3n) is 6.95. The molecule has 0 saturated carbocycles. The summed E-state index contributed by atoms with van der Waals surface area (Å²) in [5.74, 6) is 0. The number of fused-ring (bicyclic) bond motifs is 3. The van der Waals surface area contributed by atoms with E-state index in [1.165, 1.54) is 54.9 Å². The van der Waals surface area contributed by atoms with Crippen molar-refractivity contribution in [3.05, 3.63) is 170 Å². The lowest BCUT2D eigenvalue weighted by Crippen LogP contribution is -1.85. The molecule has 38 heavy (non-hydrogen) atoms. The minimum absolute atomic E-state index is 1.25. The van der Waals surface area contributed by atoms with Crippen molar-refractivity contribution >= 4 is 21.5 Å². The highest BCUT2D eigenvalue weighted by Crippen LogP contribution is 2.35. The van der Waals surface area contributed by atoms with E-state index in [-0.39, 0.29) is 0 Å². The third kappa shape index (κ3) is 4.98. The van der Waals surface area contributed by atoms with Gasteiger partial charge in [0.2, 0.25) is 0 Å². The van der Waals surface area contributed by atoms with E-state index >= 15 is 0 Å². The zero-order valence-corrected chi connectivity index (χ0v) is 21.2. The summed E-state index contributed by atoms with van der Waals surface area (Å²) in [5.41, 5.74) is 7.60. The highest BCUT2D eigenvalue weighted by molar-refractivity contribution is 6.13. The van der Waals surface area contributed by atoms with Gasteiger partial charge in [-0.1, -0.05) is 164 Å². The van der Waals surface area contributed by atoms with Gasteiger partial charge in [0.1, 0.15) is 0 Å². The number of benzene rings is 7. The topological polar surface area (TPSA) is 0 Å². The zero-order valence-electron chi connectivity index (χ0n) is 21.2. The van der Waals surface area contributed by atoms with Gasteiger partial charge in [-0.3, -0.25) is 0 Å². The van der Waals surface area contributed by atoms with Crippen LogP contribution in [0, 0.1) is 0 Å². The summed E-state index contributed by atoms with van der Waals surface area (Å²) >= 11 is 0. The molecule has 0 saturated heterocycles. The Hall–Kier alpha value is -4.94. The Bertz CT molecular complexity index is 1730. The maximum Gasteiger partial charge on any atom is -0.00990 e. The quantitative estimate of drug-likeness (QED) is 0.219. The molecule has 180 valence electrons. The SMILES string of the molecule is c1ccc(-c2ccc(-c3cc4ccccc4c4ccccc34)cc2)cc1.c1ccc(-c2ccccc2)cc1. The molecule has 0 fully saturated rings. The molecule has 0 atom stereocenters. The molecule has 0 spiro atoms. The van der Waals surface area contributed by atoms with E-state index in [0.29, 0.717) is 0 Å². The highest BCUT2D eigenvalue weighted by Gasteiger charge is 2.08. The largest absolute Gasteiger partial charge is 0.0622 e. The fourth-order valence-electron chi connectivity index (χ4n) is 5.03. The summed E-state index contributed by atoms with van der Waals surface area (Å²) < 4.78 is 0. The maximum absolute atomic E-state index is 2.31. The van der Waals surface area contributed by atoms with Crippen LogP contribution in [-0.4, -0.2) is 0 Å². The second kappa shape index (κ2) is 11.0. The molecule has 0 aromatic heterocycles. The first kappa shape index (κ1) is 23.5. The third-order valence-corrected chi connectivity index (χ3v) is 6.95. The van der Waals surface area contributed by atoms with Gasteiger partial charge in [-0.2, -0.15) is 0 Å². The molecule has 0 aliphatic carbocycles. The van der Waals surface area contributed by atoms with Gasteiger partial charge in [-0.05, 0) is 61.0 Å². The summed E-state index contributed by atoms with van der Waals surface area (Å²) in [6.07, 6.45) is 0. The molecule has 0 heteroatoms. The molecule has 0 bridgehead atoms. The Labute approximate surface area is 224 Å². The fraction of sp³-hybridized carbons (Fsp3) is 0. The van der Waals surface area contributed by atoms with Crippen LogP contribution < -0.4 is 0 Å². The fourth-order valence-corrected chi connectivity index (χ4v) is 5.03. The van der Waals surface area contributed by atoms with Gasteiger partial charge in [-0.15, -0.1) is 0 Å². The molecular formula is C38H28. The first-order chi connectivity index (χ1) is 18.9. The van der Waals surface area contributed by atoms with Crippen LogP contribution in [0.15, 0.2) is 170 Å². The Morgan fingerprint density at radius 3 is 1.13 bits per heavy atom. The molecule has 0 heterocycles. The van der Waals surface area contributed by atoms with Crippen molar-refractivity contribution in [2.45, 2.75) is 0 Å². The minimum atomic E-state index is 1.25. The van der Waals surface area contributed by atoms with E-state index in [2.05, 4.69) is 158 Å². The van der Waals surface area contributed by atoms with Crippen LogP contribution >= 0.6 is 0 Å². The van der Waals surface area contributed by atoms with Crippen LogP contribution in [0.4, 0.5) is 0 Å². The maximum atomic E-state index is 2.31. The van der Waals surface area contributed by atoms with Crippen LogP contribution in [0.5, 0.6) is 0 Å². The van der Waals surface area contributed by atoms with Crippen molar-refractivity contribution in [2.75, 3.05) is 0 Å². The van der Waals surface area contributed by atoms with E-state index in [9.17, 15) is 0 Å². The molecule has 0 nitrogen and oxygen atoms in total. The van der Waals surface area contributed by atoms with E-state index in [1.807, 2.05) is 12.1 Å².